The zero-order valence-electron chi connectivity index (χ0n) is 15.7. The molecular weight excluding hydrogens is 384 g/mol. The minimum Gasteiger partial charge on any atom is -0.269 e. The maximum absolute atomic E-state index is 13.2. The highest BCUT2D eigenvalue weighted by Gasteiger charge is 2.26. The van der Waals surface area contributed by atoms with Gasteiger partial charge >= 0.3 is 0 Å². The molecule has 0 aliphatic carbocycles. The Morgan fingerprint density at radius 3 is 2.19 bits per heavy atom. The van der Waals surface area contributed by atoms with Gasteiger partial charge in [0.05, 0.1) is 16.3 Å². The summed E-state index contributed by atoms with van der Waals surface area (Å²) in [5.74, 6) is 0. The van der Waals surface area contributed by atoms with Crippen LogP contribution in [0.25, 0.3) is 9.88 Å². The van der Waals surface area contributed by atoms with Crippen LogP contribution in [0.2, 0.25) is 0 Å². The molecule has 1 aromatic carbocycles. The molecule has 4 nitrogen and oxygen atoms in total. The summed E-state index contributed by atoms with van der Waals surface area (Å²) in [6.45, 7) is 9.85. The van der Waals surface area contributed by atoms with Crippen LogP contribution in [0.5, 0.6) is 0 Å². The SMILES string of the molecule is Cc1ccc(N(C)S(=O)(=O)c2cc(-c3nc(C)c(C)s3)sc2C)cc1C. The molecule has 3 aromatic rings. The third-order valence-electron chi connectivity index (χ3n) is 4.60. The third-order valence-corrected chi connectivity index (χ3v) is 8.94. The summed E-state index contributed by atoms with van der Waals surface area (Å²) in [7, 11) is -2.02. The summed E-state index contributed by atoms with van der Waals surface area (Å²) in [6.07, 6.45) is 0. The van der Waals surface area contributed by atoms with Crippen LogP contribution in [0.4, 0.5) is 5.69 Å². The molecule has 26 heavy (non-hydrogen) atoms. The second-order valence-corrected chi connectivity index (χ2v) is 10.8. The van der Waals surface area contributed by atoms with E-state index in [1.54, 1.807) is 24.5 Å². The fraction of sp³-hybridized carbons (Fsp3) is 0.316. The molecule has 0 saturated heterocycles. The Labute approximate surface area is 163 Å². The second-order valence-electron chi connectivity index (χ2n) is 6.43. The Bertz CT molecular complexity index is 1060. The molecule has 2 heterocycles. The molecule has 0 saturated carbocycles. The number of anilines is 1. The molecule has 0 bridgehead atoms. The van der Waals surface area contributed by atoms with E-state index in [2.05, 4.69) is 4.98 Å². The van der Waals surface area contributed by atoms with Crippen LogP contribution in [0.15, 0.2) is 29.2 Å². The van der Waals surface area contributed by atoms with Gasteiger partial charge in [-0.15, -0.1) is 22.7 Å². The smallest absolute Gasteiger partial charge is 0.265 e. The lowest BCUT2D eigenvalue weighted by Crippen LogP contribution is -2.26. The van der Waals surface area contributed by atoms with Gasteiger partial charge in [-0.3, -0.25) is 4.31 Å². The summed E-state index contributed by atoms with van der Waals surface area (Å²) in [6, 6.07) is 7.45. The number of hydrogen-bond acceptors (Lipinski definition) is 5. The Kier molecular flexibility index (Phi) is 4.98. The molecule has 3 rings (SSSR count). The largest absolute Gasteiger partial charge is 0.269 e. The van der Waals surface area contributed by atoms with Gasteiger partial charge in [0.25, 0.3) is 10.0 Å². The lowest BCUT2D eigenvalue weighted by molar-refractivity contribution is 0.594. The zero-order chi connectivity index (χ0) is 19.2. The molecule has 0 spiro atoms. The molecule has 0 aliphatic rings. The lowest BCUT2D eigenvalue weighted by atomic mass is 10.1. The van der Waals surface area contributed by atoms with Crippen molar-refractivity contribution in [3.63, 3.8) is 0 Å². The molecular formula is C19H22N2O2S3. The zero-order valence-corrected chi connectivity index (χ0v) is 18.2. The van der Waals surface area contributed by atoms with Gasteiger partial charge in [0.1, 0.15) is 9.90 Å². The molecule has 0 N–H and O–H groups in total. The first-order valence-electron chi connectivity index (χ1n) is 8.22. The van der Waals surface area contributed by atoms with Gasteiger partial charge < -0.3 is 0 Å². The maximum atomic E-state index is 13.2. The van der Waals surface area contributed by atoms with Gasteiger partial charge in [0.15, 0.2) is 0 Å². The van der Waals surface area contributed by atoms with E-state index in [-0.39, 0.29) is 0 Å². The summed E-state index contributed by atoms with van der Waals surface area (Å²) in [5.41, 5.74) is 3.87. The molecule has 0 unspecified atom stereocenters. The predicted molar refractivity (Wildman–Crippen MR) is 111 cm³/mol. The summed E-state index contributed by atoms with van der Waals surface area (Å²) in [4.78, 5) is 7.75. The molecule has 7 heteroatoms. The standard InChI is InChI=1S/C19H22N2O2S3/c1-11-7-8-16(9-12(11)2)21(6)26(22,23)18-10-17(24-15(18)5)19-20-13(3)14(4)25-19/h7-10H,1-6H3. The molecule has 0 radical (unpaired) electrons. The Morgan fingerprint density at radius 1 is 0.923 bits per heavy atom. The van der Waals surface area contributed by atoms with Crippen molar-refractivity contribution < 1.29 is 8.42 Å². The molecule has 0 fully saturated rings. The van der Waals surface area contributed by atoms with Crippen LogP contribution in [0, 0.1) is 34.6 Å². The molecule has 0 amide bonds. The fourth-order valence-corrected chi connectivity index (χ4v) is 6.32. The maximum Gasteiger partial charge on any atom is 0.265 e. The van der Waals surface area contributed by atoms with E-state index < -0.39 is 10.0 Å². The van der Waals surface area contributed by atoms with Crippen molar-refractivity contribution in [2.75, 3.05) is 11.4 Å². The van der Waals surface area contributed by atoms with Crippen LogP contribution in [0.3, 0.4) is 0 Å². The number of aryl methyl sites for hydroxylation is 5. The van der Waals surface area contributed by atoms with Gasteiger partial charge in [0.2, 0.25) is 0 Å². The number of thiazole rings is 1. The third kappa shape index (κ3) is 3.31. The summed E-state index contributed by atoms with van der Waals surface area (Å²) in [5, 5.41) is 0.878. The van der Waals surface area contributed by atoms with Crippen molar-refractivity contribution in [3.05, 3.63) is 50.8 Å². The average molecular weight is 407 g/mol. The quantitative estimate of drug-likeness (QED) is 0.595. The van der Waals surface area contributed by atoms with Gasteiger partial charge in [0, 0.05) is 16.8 Å². The first-order valence-corrected chi connectivity index (χ1v) is 11.3. The number of thiophene rings is 1. The van der Waals surface area contributed by atoms with E-state index in [1.165, 1.54) is 15.6 Å². The van der Waals surface area contributed by atoms with Crippen molar-refractivity contribution in [3.8, 4) is 9.88 Å². The van der Waals surface area contributed by atoms with E-state index in [4.69, 9.17) is 0 Å². The highest BCUT2D eigenvalue weighted by atomic mass is 32.2. The summed E-state index contributed by atoms with van der Waals surface area (Å²) >= 11 is 3.08. The molecule has 0 atom stereocenters. The Balaban J connectivity index is 2.02. The van der Waals surface area contributed by atoms with E-state index in [9.17, 15) is 8.42 Å². The van der Waals surface area contributed by atoms with Gasteiger partial charge in [-0.25, -0.2) is 13.4 Å². The number of benzene rings is 1. The normalized spacial score (nSPS) is 11.8. The van der Waals surface area contributed by atoms with E-state index in [0.29, 0.717) is 10.6 Å². The van der Waals surface area contributed by atoms with Crippen molar-refractivity contribution in [1.29, 1.82) is 0 Å². The van der Waals surface area contributed by atoms with Crippen molar-refractivity contribution in [2.45, 2.75) is 39.5 Å². The monoisotopic (exact) mass is 406 g/mol. The number of aromatic nitrogens is 1. The summed E-state index contributed by atoms with van der Waals surface area (Å²) < 4.78 is 27.7. The van der Waals surface area contributed by atoms with Crippen molar-refractivity contribution in [1.82, 2.24) is 4.98 Å². The molecule has 138 valence electrons. The molecule has 2 aromatic heterocycles. The number of nitrogens with zero attached hydrogens (tertiary/aromatic N) is 2. The Hall–Kier alpha value is -1.70. The Morgan fingerprint density at radius 2 is 1.62 bits per heavy atom. The van der Waals surface area contributed by atoms with Gasteiger partial charge in [-0.05, 0) is 63.9 Å². The van der Waals surface area contributed by atoms with Crippen molar-refractivity contribution >= 4 is 38.4 Å². The van der Waals surface area contributed by atoms with Gasteiger partial charge in [-0.1, -0.05) is 6.07 Å². The lowest BCUT2D eigenvalue weighted by Gasteiger charge is -2.20. The number of sulfonamides is 1. The number of rotatable bonds is 4. The van der Waals surface area contributed by atoms with Gasteiger partial charge in [-0.2, -0.15) is 0 Å². The van der Waals surface area contributed by atoms with Crippen LogP contribution in [-0.4, -0.2) is 20.4 Å². The first-order chi connectivity index (χ1) is 12.1. The minimum atomic E-state index is -3.62. The second kappa shape index (κ2) is 6.79. The van der Waals surface area contributed by atoms with E-state index in [1.807, 2.05) is 52.8 Å². The number of hydrogen-bond donors (Lipinski definition) is 0. The van der Waals surface area contributed by atoms with Crippen LogP contribution in [-0.2, 0) is 10.0 Å². The average Bonchev–Trinajstić information content (AvgIpc) is 3.13. The fourth-order valence-electron chi connectivity index (χ4n) is 2.61. The highest BCUT2D eigenvalue weighted by Crippen LogP contribution is 2.38. The van der Waals surface area contributed by atoms with Crippen molar-refractivity contribution in [2.24, 2.45) is 0 Å². The van der Waals surface area contributed by atoms with Crippen LogP contribution in [0.1, 0.15) is 26.6 Å². The minimum absolute atomic E-state index is 0.351. The van der Waals surface area contributed by atoms with E-state index in [0.717, 1.165) is 36.5 Å². The highest BCUT2D eigenvalue weighted by molar-refractivity contribution is 7.93. The van der Waals surface area contributed by atoms with Crippen LogP contribution < -0.4 is 4.31 Å². The van der Waals surface area contributed by atoms with E-state index >= 15 is 0 Å². The van der Waals surface area contributed by atoms with Crippen LogP contribution >= 0.6 is 22.7 Å². The molecule has 0 aliphatic heterocycles. The predicted octanol–water partition coefficient (Wildman–Crippen LogP) is 5.24. The topological polar surface area (TPSA) is 50.3 Å². The first kappa shape index (κ1) is 19.1.